The topological polar surface area (TPSA) is 121 Å². The first-order chi connectivity index (χ1) is 10.0. The van der Waals surface area contributed by atoms with Crippen molar-refractivity contribution in [3.05, 3.63) is 57.0 Å². The maximum atomic E-state index is 11.2. The molecule has 21 heavy (non-hydrogen) atoms. The number of carbonyl (C=O) groups excluding carboxylic acids is 1. The molecule has 0 saturated heterocycles. The van der Waals surface area contributed by atoms with Gasteiger partial charge in [0.1, 0.15) is 18.1 Å². The molecule has 1 heterocycles. The van der Waals surface area contributed by atoms with Gasteiger partial charge in [0.25, 0.3) is 5.69 Å². The molecule has 0 atom stereocenters. The van der Waals surface area contributed by atoms with Crippen molar-refractivity contribution in [1.29, 1.82) is 0 Å². The highest BCUT2D eigenvalue weighted by Crippen LogP contribution is 2.29. The molecule has 8 nitrogen and oxygen atoms in total. The van der Waals surface area contributed by atoms with E-state index in [1.54, 1.807) is 6.07 Å². The average molecular weight is 312 g/mol. The number of furan rings is 1. The summed E-state index contributed by atoms with van der Waals surface area (Å²) in [5.74, 6) is 5.11. The molecule has 0 spiro atoms. The summed E-state index contributed by atoms with van der Waals surface area (Å²) in [5.41, 5.74) is 1.80. The summed E-state index contributed by atoms with van der Waals surface area (Å²) in [6.45, 7) is 0.00931. The summed E-state index contributed by atoms with van der Waals surface area (Å²) in [7, 11) is 0. The van der Waals surface area contributed by atoms with Crippen LogP contribution in [-0.2, 0) is 6.61 Å². The second-order valence-corrected chi connectivity index (χ2v) is 4.31. The molecule has 110 valence electrons. The zero-order chi connectivity index (χ0) is 15.4. The van der Waals surface area contributed by atoms with Gasteiger partial charge in [0.15, 0.2) is 5.76 Å². The summed E-state index contributed by atoms with van der Waals surface area (Å²) in [6, 6.07) is 6.84. The Morgan fingerprint density at radius 1 is 1.43 bits per heavy atom. The lowest BCUT2D eigenvalue weighted by atomic mass is 10.3. The van der Waals surface area contributed by atoms with E-state index in [9.17, 15) is 14.9 Å². The molecule has 0 unspecified atom stereocenters. The first kappa shape index (κ1) is 14.8. The highest BCUT2D eigenvalue weighted by molar-refractivity contribution is 6.32. The highest BCUT2D eigenvalue weighted by atomic mass is 35.5. The molecule has 0 aliphatic carbocycles. The van der Waals surface area contributed by atoms with Gasteiger partial charge in [0, 0.05) is 12.1 Å². The zero-order valence-corrected chi connectivity index (χ0v) is 11.3. The van der Waals surface area contributed by atoms with Crippen molar-refractivity contribution in [2.75, 3.05) is 0 Å². The van der Waals surface area contributed by atoms with Crippen LogP contribution in [0.5, 0.6) is 5.75 Å². The molecule has 3 N–H and O–H groups in total. The molecule has 0 bridgehead atoms. The number of hydrazine groups is 1. The first-order valence-corrected chi connectivity index (χ1v) is 6.05. The van der Waals surface area contributed by atoms with E-state index in [1.165, 1.54) is 24.3 Å². The van der Waals surface area contributed by atoms with Gasteiger partial charge in [0.2, 0.25) is 0 Å². The molecule has 2 aromatic rings. The highest BCUT2D eigenvalue weighted by Gasteiger charge is 2.12. The number of non-ortho nitro benzene ring substituents is 1. The standard InChI is InChI=1S/C12H10ClN3O5/c13-9-5-7(16(18)19)1-3-10(9)20-6-8-2-4-11(21-8)12(17)15-14/h1-5H,6,14H2,(H,15,17). The molecule has 2 rings (SSSR count). The number of hydrogen-bond acceptors (Lipinski definition) is 6. The molecule has 9 heteroatoms. The number of rotatable bonds is 5. The van der Waals surface area contributed by atoms with Crippen molar-refractivity contribution in [3.63, 3.8) is 0 Å². The number of halogens is 1. The van der Waals surface area contributed by atoms with Crippen LogP contribution in [0.3, 0.4) is 0 Å². The van der Waals surface area contributed by atoms with Gasteiger partial charge in [-0.15, -0.1) is 0 Å². The normalized spacial score (nSPS) is 10.2. The predicted molar refractivity (Wildman–Crippen MR) is 72.8 cm³/mol. The number of nitrogen functional groups attached to an aromatic ring is 1. The summed E-state index contributed by atoms with van der Waals surface area (Å²) in [6.07, 6.45) is 0. The zero-order valence-electron chi connectivity index (χ0n) is 10.5. The first-order valence-electron chi connectivity index (χ1n) is 5.67. The summed E-state index contributed by atoms with van der Waals surface area (Å²) in [4.78, 5) is 21.2. The van der Waals surface area contributed by atoms with Gasteiger partial charge in [-0.2, -0.15) is 0 Å². The third kappa shape index (κ3) is 3.50. The van der Waals surface area contributed by atoms with Crippen LogP contribution in [0, 0.1) is 10.1 Å². The van der Waals surface area contributed by atoms with Crippen molar-refractivity contribution in [2.45, 2.75) is 6.61 Å². The van der Waals surface area contributed by atoms with Crippen LogP contribution in [0.15, 0.2) is 34.7 Å². The number of nitrogens with zero attached hydrogens (tertiary/aromatic N) is 1. The van der Waals surface area contributed by atoms with E-state index in [4.69, 9.17) is 26.6 Å². The summed E-state index contributed by atoms with van der Waals surface area (Å²) >= 11 is 5.88. The smallest absolute Gasteiger partial charge is 0.300 e. The molecule has 1 aromatic carbocycles. The summed E-state index contributed by atoms with van der Waals surface area (Å²) < 4.78 is 10.6. The largest absolute Gasteiger partial charge is 0.484 e. The van der Waals surface area contributed by atoms with Gasteiger partial charge in [-0.25, -0.2) is 5.84 Å². The van der Waals surface area contributed by atoms with E-state index in [1.807, 2.05) is 5.43 Å². The number of nitrogens with one attached hydrogen (secondary N) is 1. The Morgan fingerprint density at radius 3 is 2.81 bits per heavy atom. The number of benzene rings is 1. The Bertz CT molecular complexity index is 685. The van der Waals surface area contributed by atoms with Crippen molar-refractivity contribution in [3.8, 4) is 5.75 Å². The second-order valence-electron chi connectivity index (χ2n) is 3.90. The molecule has 0 saturated carbocycles. The Morgan fingerprint density at radius 2 is 2.19 bits per heavy atom. The monoisotopic (exact) mass is 311 g/mol. The van der Waals surface area contributed by atoms with Crippen LogP contribution >= 0.6 is 11.6 Å². The number of nitro benzene ring substituents is 1. The lowest BCUT2D eigenvalue weighted by molar-refractivity contribution is -0.384. The maximum absolute atomic E-state index is 11.2. The maximum Gasteiger partial charge on any atom is 0.300 e. The fourth-order valence-corrected chi connectivity index (χ4v) is 1.75. The lowest BCUT2D eigenvalue weighted by Gasteiger charge is -2.06. The second kappa shape index (κ2) is 6.25. The third-order valence-electron chi connectivity index (χ3n) is 2.51. The van der Waals surface area contributed by atoms with E-state index in [0.717, 1.165) is 0 Å². The Labute approximate surface area is 123 Å². The lowest BCUT2D eigenvalue weighted by Crippen LogP contribution is -2.29. The molecular weight excluding hydrogens is 302 g/mol. The van der Waals surface area contributed by atoms with Crippen molar-refractivity contribution >= 4 is 23.2 Å². The number of nitrogens with two attached hydrogens (primary N) is 1. The van der Waals surface area contributed by atoms with Gasteiger partial charge in [-0.05, 0) is 18.2 Å². The van der Waals surface area contributed by atoms with Crippen LogP contribution in [0.4, 0.5) is 5.69 Å². The van der Waals surface area contributed by atoms with Crippen LogP contribution in [-0.4, -0.2) is 10.8 Å². The van der Waals surface area contributed by atoms with Gasteiger partial charge >= 0.3 is 5.91 Å². The Hall–Kier alpha value is -2.58. The molecule has 1 aromatic heterocycles. The van der Waals surface area contributed by atoms with Gasteiger partial charge in [0.05, 0.1) is 9.95 Å². The molecule has 1 amide bonds. The number of amides is 1. The van der Waals surface area contributed by atoms with Crippen molar-refractivity contribution < 1.29 is 18.9 Å². The quantitative estimate of drug-likeness (QED) is 0.377. The Kier molecular flexibility index (Phi) is 4.41. The summed E-state index contributed by atoms with van der Waals surface area (Å²) in [5, 5.41) is 10.7. The van der Waals surface area contributed by atoms with Crippen LogP contribution in [0.1, 0.15) is 16.3 Å². The van der Waals surface area contributed by atoms with E-state index >= 15 is 0 Å². The van der Waals surface area contributed by atoms with Crippen molar-refractivity contribution in [2.24, 2.45) is 5.84 Å². The van der Waals surface area contributed by atoms with Crippen molar-refractivity contribution in [1.82, 2.24) is 5.43 Å². The minimum Gasteiger partial charge on any atom is -0.484 e. The van der Waals surface area contributed by atoms with Gasteiger partial charge in [-0.3, -0.25) is 20.3 Å². The van der Waals surface area contributed by atoms with E-state index in [-0.39, 0.29) is 28.8 Å². The Balaban J connectivity index is 2.04. The van der Waals surface area contributed by atoms with E-state index in [2.05, 4.69) is 0 Å². The SMILES string of the molecule is NNC(=O)c1ccc(COc2ccc([N+](=O)[O-])cc2Cl)o1. The molecule has 0 fully saturated rings. The number of carbonyl (C=O) groups is 1. The number of hydrogen-bond donors (Lipinski definition) is 2. The third-order valence-corrected chi connectivity index (χ3v) is 2.81. The van der Waals surface area contributed by atoms with Gasteiger partial charge < -0.3 is 9.15 Å². The average Bonchev–Trinajstić information content (AvgIpc) is 2.93. The van der Waals surface area contributed by atoms with Crippen LogP contribution in [0.25, 0.3) is 0 Å². The molecule has 0 aliphatic rings. The van der Waals surface area contributed by atoms with E-state index in [0.29, 0.717) is 5.76 Å². The number of ether oxygens (including phenoxy) is 1. The molecule has 0 aliphatic heterocycles. The van der Waals surface area contributed by atoms with Crippen LogP contribution in [0.2, 0.25) is 5.02 Å². The van der Waals surface area contributed by atoms with E-state index < -0.39 is 10.8 Å². The fourth-order valence-electron chi connectivity index (χ4n) is 1.52. The minimum atomic E-state index is -0.561. The van der Waals surface area contributed by atoms with Gasteiger partial charge in [-0.1, -0.05) is 11.6 Å². The minimum absolute atomic E-state index is 0.00931. The molecular formula is C12H10ClN3O5. The number of nitro groups is 1. The molecule has 0 radical (unpaired) electrons. The fraction of sp³-hybridized carbons (Fsp3) is 0.0833. The van der Waals surface area contributed by atoms with Crippen LogP contribution < -0.4 is 16.0 Å². The predicted octanol–water partition coefficient (Wildman–Crippen LogP) is 2.02.